The third kappa shape index (κ3) is 3.13. The molecule has 0 fully saturated rings. The number of hydrogen-bond acceptors (Lipinski definition) is 6. The minimum Gasteiger partial charge on any atom is -0.384 e. The first-order valence-corrected chi connectivity index (χ1v) is 9.40. The number of nitrogens with one attached hydrogen (secondary N) is 1. The van der Waals surface area contributed by atoms with Crippen molar-refractivity contribution in [1.29, 1.82) is 0 Å². The summed E-state index contributed by atoms with van der Waals surface area (Å²) < 4.78 is 3.24. The van der Waals surface area contributed by atoms with Crippen LogP contribution in [-0.4, -0.2) is 36.5 Å². The smallest absolute Gasteiger partial charge is 0.262 e. The SMILES string of the molecule is CSc1ccccc1-n1nc(C)cc1NC(=O)c1cnn2ccc(N)nc12. The van der Waals surface area contributed by atoms with Gasteiger partial charge in [0.25, 0.3) is 5.91 Å². The van der Waals surface area contributed by atoms with Crippen LogP contribution in [0.4, 0.5) is 11.6 Å². The Bertz CT molecular complexity index is 1150. The molecule has 8 nitrogen and oxygen atoms in total. The molecule has 136 valence electrons. The number of aromatic nitrogens is 5. The van der Waals surface area contributed by atoms with E-state index in [1.165, 1.54) is 10.7 Å². The Hall–Kier alpha value is -3.33. The highest BCUT2D eigenvalue weighted by Crippen LogP contribution is 2.27. The van der Waals surface area contributed by atoms with Crippen LogP contribution >= 0.6 is 11.8 Å². The molecule has 0 aliphatic rings. The lowest BCUT2D eigenvalue weighted by Gasteiger charge is -2.11. The average molecular weight is 379 g/mol. The Labute approximate surface area is 159 Å². The van der Waals surface area contributed by atoms with Crippen LogP contribution in [0.15, 0.2) is 53.7 Å². The number of hydrogen-bond donors (Lipinski definition) is 2. The van der Waals surface area contributed by atoms with Crippen molar-refractivity contribution in [3.63, 3.8) is 0 Å². The van der Waals surface area contributed by atoms with E-state index in [2.05, 4.69) is 20.5 Å². The quantitative estimate of drug-likeness (QED) is 0.529. The largest absolute Gasteiger partial charge is 0.384 e. The number of carbonyl (C=O) groups excluding carboxylic acids is 1. The lowest BCUT2D eigenvalue weighted by Crippen LogP contribution is -2.15. The van der Waals surface area contributed by atoms with Crippen molar-refractivity contribution in [2.75, 3.05) is 17.3 Å². The van der Waals surface area contributed by atoms with Crippen LogP contribution in [0.25, 0.3) is 11.3 Å². The zero-order chi connectivity index (χ0) is 19.0. The molecule has 0 saturated carbocycles. The summed E-state index contributed by atoms with van der Waals surface area (Å²) >= 11 is 1.62. The van der Waals surface area contributed by atoms with E-state index in [-0.39, 0.29) is 5.91 Å². The van der Waals surface area contributed by atoms with Gasteiger partial charge < -0.3 is 11.1 Å². The highest BCUT2D eigenvalue weighted by atomic mass is 32.2. The second-order valence-corrected chi connectivity index (χ2v) is 6.74. The van der Waals surface area contributed by atoms with Crippen molar-refractivity contribution in [1.82, 2.24) is 24.4 Å². The van der Waals surface area contributed by atoms with Crippen LogP contribution in [0.5, 0.6) is 0 Å². The maximum absolute atomic E-state index is 12.9. The summed E-state index contributed by atoms with van der Waals surface area (Å²) in [4.78, 5) is 18.1. The van der Waals surface area contributed by atoms with E-state index in [0.29, 0.717) is 22.8 Å². The maximum atomic E-state index is 12.9. The molecular weight excluding hydrogens is 362 g/mol. The summed E-state index contributed by atoms with van der Waals surface area (Å²) in [6.45, 7) is 1.88. The van der Waals surface area contributed by atoms with E-state index in [9.17, 15) is 4.79 Å². The third-order valence-corrected chi connectivity index (χ3v) is 4.81. The number of nitrogens with two attached hydrogens (primary N) is 1. The van der Waals surface area contributed by atoms with Crippen LogP contribution in [0, 0.1) is 6.92 Å². The molecule has 0 bridgehead atoms. The zero-order valence-electron chi connectivity index (χ0n) is 14.7. The summed E-state index contributed by atoms with van der Waals surface area (Å²) in [6.07, 6.45) is 5.14. The molecular formula is C18H17N7OS. The Morgan fingerprint density at radius 2 is 2.07 bits per heavy atom. The number of para-hydroxylation sites is 1. The Kier molecular flexibility index (Phi) is 4.28. The van der Waals surface area contributed by atoms with Crippen molar-refractivity contribution < 1.29 is 4.79 Å². The fourth-order valence-electron chi connectivity index (χ4n) is 2.80. The molecule has 0 aliphatic heterocycles. The van der Waals surface area contributed by atoms with E-state index in [1.54, 1.807) is 28.7 Å². The summed E-state index contributed by atoms with van der Waals surface area (Å²) in [5, 5.41) is 11.6. The van der Waals surface area contributed by atoms with Gasteiger partial charge in [-0.05, 0) is 31.4 Å². The summed E-state index contributed by atoms with van der Waals surface area (Å²) in [7, 11) is 0. The van der Waals surface area contributed by atoms with E-state index in [4.69, 9.17) is 5.73 Å². The number of aryl methyl sites for hydroxylation is 1. The second kappa shape index (κ2) is 6.76. The van der Waals surface area contributed by atoms with Crippen molar-refractivity contribution in [3.8, 4) is 5.69 Å². The molecule has 9 heteroatoms. The van der Waals surface area contributed by atoms with Gasteiger partial charge in [-0.3, -0.25) is 4.79 Å². The molecule has 27 heavy (non-hydrogen) atoms. The van der Waals surface area contributed by atoms with Gasteiger partial charge in [0.05, 0.1) is 17.6 Å². The Balaban J connectivity index is 1.73. The Morgan fingerprint density at radius 3 is 2.89 bits per heavy atom. The molecule has 3 heterocycles. The van der Waals surface area contributed by atoms with Gasteiger partial charge >= 0.3 is 0 Å². The van der Waals surface area contributed by atoms with Crippen molar-refractivity contribution in [3.05, 3.63) is 60.0 Å². The third-order valence-electron chi connectivity index (χ3n) is 4.02. The predicted molar refractivity (Wildman–Crippen MR) is 105 cm³/mol. The molecule has 0 aliphatic carbocycles. The van der Waals surface area contributed by atoms with E-state index in [0.717, 1.165) is 16.3 Å². The van der Waals surface area contributed by atoms with Gasteiger partial charge in [0.2, 0.25) is 0 Å². The van der Waals surface area contributed by atoms with E-state index >= 15 is 0 Å². The van der Waals surface area contributed by atoms with E-state index < -0.39 is 0 Å². The van der Waals surface area contributed by atoms with Crippen molar-refractivity contribution in [2.45, 2.75) is 11.8 Å². The first kappa shape index (κ1) is 17.1. The second-order valence-electron chi connectivity index (χ2n) is 5.89. The number of amides is 1. The number of thioether (sulfide) groups is 1. The predicted octanol–water partition coefficient (Wildman–Crippen LogP) is 2.78. The first-order chi connectivity index (χ1) is 13.1. The van der Waals surface area contributed by atoms with Crippen LogP contribution in [0.2, 0.25) is 0 Å². The molecule has 4 aromatic rings. The summed E-state index contributed by atoms with van der Waals surface area (Å²) in [5.41, 5.74) is 8.17. The minimum atomic E-state index is -0.328. The normalized spacial score (nSPS) is 11.0. The van der Waals surface area contributed by atoms with Gasteiger partial charge in [0, 0.05) is 17.2 Å². The van der Waals surface area contributed by atoms with Gasteiger partial charge in [0.1, 0.15) is 17.2 Å². The molecule has 3 N–H and O–H groups in total. The standard InChI is InChI=1S/C18H17N7OS/c1-11-9-16(25(23-11)13-5-3-4-6-14(13)27-2)22-18(26)12-10-20-24-8-7-15(19)21-17(12)24/h3-10H,1-2H3,(H2,19,21)(H,22,26). The van der Waals surface area contributed by atoms with Crippen LogP contribution < -0.4 is 11.1 Å². The molecule has 0 spiro atoms. The topological polar surface area (TPSA) is 103 Å². The summed E-state index contributed by atoms with van der Waals surface area (Å²) in [6, 6.07) is 11.3. The molecule has 1 amide bonds. The van der Waals surface area contributed by atoms with Gasteiger partial charge in [-0.2, -0.15) is 10.2 Å². The van der Waals surface area contributed by atoms with Crippen LogP contribution in [0.1, 0.15) is 16.1 Å². The number of rotatable bonds is 4. The maximum Gasteiger partial charge on any atom is 0.262 e. The highest BCUT2D eigenvalue weighted by Gasteiger charge is 2.18. The lowest BCUT2D eigenvalue weighted by atomic mass is 10.3. The fraction of sp³-hybridized carbons (Fsp3) is 0.111. The molecule has 0 atom stereocenters. The van der Waals surface area contributed by atoms with Crippen LogP contribution in [0.3, 0.4) is 0 Å². The van der Waals surface area contributed by atoms with Gasteiger partial charge in [-0.15, -0.1) is 11.8 Å². The number of nitrogen functional groups attached to an aromatic ring is 1. The fourth-order valence-corrected chi connectivity index (χ4v) is 3.38. The van der Waals surface area contributed by atoms with Gasteiger partial charge in [-0.25, -0.2) is 14.2 Å². The molecule has 3 aromatic heterocycles. The van der Waals surface area contributed by atoms with Gasteiger partial charge in [-0.1, -0.05) is 12.1 Å². The summed E-state index contributed by atoms with van der Waals surface area (Å²) in [5.74, 6) is 0.569. The number of nitrogens with zero attached hydrogens (tertiary/aromatic N) is 5. The number of anilines is 2. The molecule has 1 aromatic carbocycles. The minimum absolute atomic E-state index is 0.326. The van der Waals surface area contributed by atoms with E-state index in [1.807, 2.05) is 43.5 Å². The molecule has 0 saturated heterocycles. The van der Waals surface area contributed by atoms with Crippen molar-refractivity contribution in [2.24, 2.45) is 0 Å². The Morgan fingerprint density at radius 1 is 1.26 bits per heavy atom. The number of benzene rings is 1. The number of carbonyl (C=O) groups is 1. The highest BCUT2D eigenvalue weighted by molar-refractivity contribution is 7.98. The van der Waals surface area contributed by atoms with Crippen LogP contribution in [-0.2, 0) is 0 Å². The molecule has 4 rings (SSSR count). The van der Waals surface area contributed by atoms with Crippen molar-refractivity contribution >= 4 is 35.0 Å². The average Bonchev–Trinajstić information content (AvgIpc) is 3.24. The first-order valence-electron chi connectivity index (χ1n) is 8.18. The molecule has 0 radical (unpaired) electrons. The monoisotopic (exact) mass is 379 g/mol. The molecule has 0 unspecified atom stereocenters. The zero-order valence-corrected chi connectivity index (χ0v) is 15.6. The van der Waals surface area contributed by atoms with Gasteiger partial charge in [0.15, 0.2) is 5.65 Å². The lowest BCUT2D eigenvalue weighted by molar-refractivity contribution is 0.102. The number of fused-ring (bicyclic) bond motifs is 1.